The van der Waals surface area contributed by atoms with Crippen LogP contribution in [0, 0.1) is 0 Å². The largest absolute Gasteiger partial charge is 0.399 e. The molecule has 9 N–H and O–H groups in total. The first-order chi connectivity index (χ1) is 31.0. The second-order valence-electron chi connectivity index (χ2n) is 15.0. The number of carbonyl (C=O) groups excluding carboxylic acids is 3. The van der Waals surface area contributed by atoms with Gasteiger partial charge in [-0.15, -0.1) is 0 Å². The zero-order chi connectivity index (χ0) is 45.2. The molecule has 0 unspecified atom stereocenters. The van der Waals surface area contributed by atoms with E-state index in [0.29, 0.717) is 67.5 Å². The van der Waals surface area contributed by atoms with E-state index in [4.69, 9.17) is 28.9 Å². The van der Waals surface area contributed by atoms with Crippen molar-refractivity contribution < 1.29 is 14.4 Å². The number of anilines is 10. The molecule has 0 atom stereocenters. The lowest BCUT2D eigenvalue weighted by Gasteiger charge is -2.22. The molecule has 0 fully saturated rings. The summed E-state index contributed by atoms with van der Waals surface area (Å²) in [4.78, 5) is 53.9. The van der Waals surface area contributed by atoms with Gasteiger partial charge in [0.1, 0.15) is 10.0 Å². The van der Waals surface area contributed by atoms with Gasteiger partial charge in [-0.1, -0.05) is 54.0 Å². The van der Waals surface area contributed by atoms with E-state index in [1.54, 1.807) is 50.5 Å². The maximum atomic E-state index is 12.2. The van der Waals surface area contributed by atoms with Crippen molar-refractivity contribution in [1.82, 2.24) is 30.6 Å². The molecule has 2 aliphatic carbocycles. The number of para-hydroxylation sites is 2. The average molecular weight is 900 g/mol. The minimum atomic E-state index is -0.272. The quantitative estimate of drug-likeness (QED) is 0.0426. The van der Waals surface area contributed by atoms with Gasteiger partial charge >= 0.3 is 0 Å². The molecular formula is C47H48Cl2N12O3. The smallest absolute Gasteiger partial charge is 0.253 e. The van der Waals surface area contributed by atoms with Crippen LogP contribution in [0.4, 0.5) is 57.7 Å². The molecule has 328 valence electrons. The van der Waals surface area contributed by atoms with E-state index in [2.05, 4.69) is 63.7 Å². The summed E-state index contributed by atoms with van der Waals surface area (Å²) in [7, 11) is 3.16. The summed E-state index contributed by atoms with van der Waals surface area (Å²) in [5.74, 6) is 0.807. The van der Waals surface area contributed by atoms with Gasteiger partial charge in [-0.05, 0) is 128 Å². The number of aromatic nitrogens is 4. The van der Waals surface area contributed by atoms with Crippen molar-refractivity contribution in [2.75, 3.05) is 46.4 Å². The van der Waals surface area contributed by atoms with Gasteiger partial charge in [-0.3, -0.25) is 14.4 Å². The van der Waals surface area contributed by atoms with Gasteiger partial charge in [0, 0.05) is 36.8 Å². The molecular weight excluding hydrogens is 852 g/mol. The molecule has 17 heteroatoms. The van der Waals surface area contributed by atoms with Gasteiger partial charge < -0.3 is 43.0 Å². The minimum absolute atomic E-state index is 0.201. The van der Waals surface area contributed by atoms with Gasteiger partial charge in [-0.25, -0.2) is 9.97 Å². The Morgan fingerprint density at radius 1 is 0.625 bits per heavy atom. The van der Waals surface area contributed by atoms with Crippen LogP contribution < -0.4 is 43.0 Å². The van der Waals surface area contributed by atoms with E-state index in [9.17, 15) is 14.4 Å². The van der Waals surface area contributed by atoms with Gasteiger partial charge in [0.15, 0.2) is 11.6 Å². The zero-order valence-electron chi connectivity index (χ0n) is 35.4. The zero-order valence-corrected chi connectivity index (χ0v) is 36.9. The van der Waals surface area contributed by atoms with E-state index >= 15 is 0 Å². The second-order valence-corrected chi connectivity index (χ2v) is 15.8. The summed E-state index contributed by atoms with van der Waals surface area (Å²) in [6, 6.07) is 22.1. The first kappa shape index (κ1) is 44.8. The molecule has 0 aliphatic heterocycles. The summed E-state index contributed by atoms with van der Waals surface area (Å²) in [5.41, 5.74) is 16.3. The summed E-state index contributed by atoms with van der Waals surface area (Å²) in [6.07, 6.45) is 12.7. The van der Waals surface area contributed by atoms with E-state index < -0.39 is 0 Å². The van der Waals surface area contributed by atoms with Gasteiger partial charge in [0.2, 0.25) is 17.8 Å². The number of aryl methyl sites for hydroxylation is 2. The summed E-state index contributed by atoms with van der Waals surface area (Å²) in [6.45, 7) is 3.52. The summed E-state index contributed by atoms with van der Waals surface area (Å²) in [5, 5.41) is 21.6. The van der Waals surface area contributed by atoms with E-state index in [1.807, 2.05) is 36.4 Å². The molecule has 3 amide bonds. The maximum Gasteiger partial charge on any atom is 0.253 e. The SMILES string of the molecule is C=CC(=O)Nc1cc2c(c(Nc3ncc(Cl)c(Nc4ccccc4C(=O)NC)n3)c1)CCCC2.CNC(=O)c1ccccc1Nc1nc(Nc2cc(N)cc3c2CCCC3)ncc1Cl. The van der Waals surface area contributed by atoms with Crippen LogP contribution >= 0.6 is 23.2 Å². The molecule has 2 heterocycles. The molecule has 2 aliphatic rings. The number of hydrogen-bond donors (Lipinski definition) is 8. The van der Waals surface area contributed by atoms with Crippen LogP contribution in [0.5, 0.6) is 0 Å². The molecule has 15 nitrogen and oxygen atoms in total. The molecule has 8 rings (SSSR count). The van der Waals surface area contributed by atoms with Crippen molar-refractivity contribution in [2.45, 2.75) is 51.4 Å². The first-order valence-corrected chi connectivity index (χ1v) is 21.5. The molecule has 4 aromatic carbocycles. The van der Waals surface area contributed by atoms with Crippen molar-refractivity contribution >= 4 is 98.6 Å². The number of nitrogens with two attached hydrogens (primary N) is 1. The third kappa shape index (κ3) is 10.9. The van der Waals surface area contributed by atoms with E-state index in [0.717, 1.165) is 56.3 Å². The third-order valence-electron chi connectivity index (χ3n) is 10.7. The fourth-order valence-electron chi connectivity index (χ4n) is 7.62. The fourth-order valence-corrected chi connectivity index (χ4v) is 7.90. The number of benzene rings is 4. The normalized spacial score (nSPS) is 12.5. The van der Waals surface area contributed by atoms with Crippen LogP contribution in [-0.2, 0) is 30.5 Å². The van der Waals surface area contributed by atoms with Crippen molar-refractivity contribution in [2.24, 2.45) is 0 Å². The lowest BCUT2D eigenvalue weighted by molar-refractivity contribution is -0.111. The number of halogens is 2. The topological polar surface area (TPSA) is 213 Å². The molecule has 2 aromatic heterocycles. The van der Waals surface area contributed by atoms with E-state index in [-0.39, 0.29) is 17.7 Å². The number of carbonyl (C=O) groups is 3. The standard InChI is InChI=1S/C25H25ClN6O2.C22H23ClN6O/c1-3-22(33)29-16-12-15-8-4-5-9-17(15)21(13-16)31-25-28-14-19(26)23(32-25)30-20-11-7-6-10-18(20)24(34)27-2;1-25-21(30)16-8-4-5-9-18(16)27-20-17(23)12-26-22(29-20)28-19-11-14(24)10-13-6-2-3-7-15(13)19/h3,6-7,10-14H,1,4-5,8-9H2,2H3,(H,27,34)(H,29,33)(H2,28,30,31,32);4-5,8-12H,2-3,6-7,24H2,1H3,(H,25,30)(H2,26,27,28,29). The Morgan fingerprint density at radius 2 is 1.09 bits per heavy atom. The lowest BCUT2D eigenvalue weighted by atomic mass is 9.90. The highest BCUT2D eigenvalue weighted by atomic mass is 35.5. The van der Waals surface area contributed by atoms with Crippen LogP contribution in [0.1, 0.15) is 68.7 Å². The lowest BCUT2D eigenvalue weighted by Crippen LogP contribution is -2.19. The van der Waals surface area contributed by atoms with Crippen molar-refractivity contribution in [1.29, 1.82) is 0 Å². The second kappa shape index (κ2) is 20.8. The number of fused-ring (bicyclic) bond motifs is 2. The molecule has 0 spiro atoms. The van der Waals surface area contributed by atoms with Gasteiger partial charge in [-0.2, -0.15) is 9.97 Å². The Labute approximate surface area is 381 Å². The Kier molecular flexibility index (Phi) is 14.5. The number of nitrogens with one attached hydrogen (secondary N) is 7. The molecule has 64 heavy (non-hydrogen) atoms. The Bertz CT molecular complexity index is 2730. The van der Waals surface area contributed by atoms with Gasteiger partial charge in [0.25, 0.3) is 11.8 Å². The summed E-state index contributed by atoms with van der Waals surface area (Å²) < 4.78 is 0. The van der Waals surface area contributed by atoms with Crippen molar-refractivity contribution in [3.8, 4) is 0 Å². The Hall–Kier alpha value is -7.23. The third-order valence-corrected chi connectivity index (χ3v) is 11.2. The van der Waals surface area contributed by atoms with Crippen LogP contribution in [0.25, 0.3) is 0 Å². The number of nitrogens with zero attached hydrogens (tertiary/aromatic N) is 4. The van der Waals surface area contributed by atoms with Crippen LogP contribution in [0.15, 0.2) is 97.8 Å². The van der Waals surface area contributed by atoms with Crippen LogP contribution in [0.2, 0.25) is 10.0 Å². The molecule has 0 radical (unpaired) electrons. The van der Waals surface area contributed by atoms with Crippen molar-refractivity contribution in [3.05, 3.63) is 141 Å². The highest BCUT2D eigenvalue weighted by molar-refractivity contribution is 6.33. The number of amides is 3. The average Bonchev–Trinajstić information content (AvgIpc) is 3.31. The van der Waals surface area contributed by atoms with Gasteiger partial charge in [0.05, 0.1) is 34.9 Å². The number of rotatable bonds is 12. The Balaban J connectivity index is 0.000000193. The number of hydrogen-bond acceptors (Lipinski definition) is 12. The fraction of sp³-hybridized carbons (Fsp3) is 0.213. The van der Waals surface area contributed by atoms with Crippen molar-refractivity contribution in [3.63, 3.8) is 0 Å². The highest BCUT2D eigenvalue weighted by Crippen LogP contribution is 2.35. The van der Waals surface area contributed by atoms with Crippen LogP contribution in [-0.4, -0.2) is 51.8 Å². The Morgan fingerprint density at radius 3 is 1.59 bits per heavy atom. The molecule has 0 bridgehead atoms. The highest BCUT2D eigenvalue weighted by Gasteiger charge is 2.20. The summed E-state index contributed by atoms with van der Waals surface area (Å²) >= 11 is 12.7. The van der Waals surface area contributed by atoms with Crippen LogP contribution in [0.3, 0.4) is 0 Å². The number of nitrogen functional groups attached to an aromatic ring is 1. The molecule has 0 saturated carbocycles. The van der Waals surface area contributed by atoms with E-state index in [1.165, 1.54) is 47.1 Å². The molecule has 0 saturated heterocycles. The monoisotopic (exact) mass is 898 g/mol. The first-order valence-electron chi connectivity index (χ1n) is 20.8. The minimum Gasteiger partial charge on any atom is -0.399 e. The predicted molar refractivity (Wildman–Crippen MR) is 256 cm³/mol. The predicted octanol–water partition coefficient (Wildman–Crippen LogP) is 9.42. The maximum absolute atomic E-state index is 12.2. The molecule has 6 aromatic rings.